The minimum atomic E-state index is 0.907. The first-order valence-corrected chi connectivity index (χ1v) is 16.4. The molecule has 0 aliphatic heterocycles. The molecule has 0 bridgehead atoms. The molecule has 2 aromatic heterocycles. The Kier molecular flexibility index (Phi) is 5.14. The zero-order valence-electron chi connectivity index (χ0n) is 25.8. The summed E-state index contributed by atoms with van der Waals surface area (Å²) in [5.41, 5.74) is 11.0. The molecule has 0 spiro atoms. The third-order valence-electron chi connectivity index (χ3n) is 10.2. The minimum absolute atomic E-state index is 0.907. The summed E-state index contributed by atoms with van der Waals surface area (Å²) in [6.45, 7) is 0. The van der Waals surface area contributed by atoms with Crippen LogP contribution in [0.25, 0.3) is 110 Å². The van der Waals surface area contributed by atoms with Gasteiger partial charge in [-0.05, 0) is 102 Å². The number of benzene rings is 9. The van der Waals surface area contributed by atoms with Gasteiger partial charge < -0.3 is 8.83 Å². The number of fused-ring (bicyclic) bond motifs is 5. The maximum atomic E-state index is 6.35. The molecule has 0 saturated carbocycles. The summed E-state index contributed by atoms with van der Waals surface area (Å²) in [6, 6.07) is 56.8. The van der Waals surface area contributed by atoms with E-state index in [1.54, 1.807) is 0 Å². The number of rotatable bonds is 3. The van der Waals surface area contributed by atoms with E-state index in [9.17, 15) is 0 Å². The standard InChI is InChI=1S/C46H26O2/c1-2-14-31(29(12-1)27-23-24-40-37(25-27)30-13-7-8-20-39(30)47-40)44-32-15-3-5-17-34(32)45(35-18-6-4-16-33(35)44)38-26-28-11-9-21-41-43(28)46-36(38)19-10-22-42(46)48-41/h1-26H. The minimum Gasteiger partial charge on any atom is -0.456 e. The quantitative estimate of drug-likeness (QED) is 0.147. The Morgan fingerprint density at radius 2 is 0.812 bits per heavy atom. The first-order chi connectivity index (χ1) is 23.8. The van der Waals surface area contributed by atoms with Gasteiger partial charge in [-0.25, -0.2) is 0 Å². The molecule has 2 heterocycles. The van der Waals surface area contributed by atoms with Gasteiger partial charge in [0, 0.05) is 21.5 Å². The Hall–Kier alpha value is -6.38. The van der Waals surface area contributed by atoms with Gasteiger partial charge in [0.2, 0.25) is 0 Å². The van der Waals surface area contributed by atoms with Gasteiger partial charge in [-0.15, -0.1) is 0 Å². The average molecular weight is 611 g/mol. The van der Waals surface area contributed by atoms with Crippen molar-refractivity contribution in [1.82, 2.24) is 0 Å². The van der Waals surface area contributed by atoms with Crippen molar-refractivity contribution >= 4 is 76.2 Å². The maximum absolute atomic E-state index is 6.35. The monoisotopic (exact) mass is 610 g/mol. The topological polar surface area (TPSA) is 26.3 Å². The molecule has 0 atom stereocenters. The summed E-state index contributed by atoms with van der Waals surface area (Å²) < 4.78 is 12.5. The maximum Gasteiger partial charge on any atom is 0.136 e. The fraction of sp³-hybridized carbons (Fsp3) is 0. The molecule has 0 N–H and O–H groups in total. The van der Waals surface area contributed by atoms with E-state index < -0.39 is 0 Å². The van der Waals surface area contributed by atoms with Crippen LogP contribution in [-0.2, 0) is 0 Å². The van der Waals surface area contributed by atoms with Gasteiger partial charge in [-0.3, -0.25) is 0 Å². The Balaban J connectivity index is 1.24. The molecule has 2 heteroatoms. The zero-order valence-corrected chi connectivity index (χ0v) is 25.8. The van der Waals surface area contributed by atoms with Crippen molar-refractivity contribution in [2.45, 2.75) is 0 Å². The van der Waals surface area contributed by atoms with Crippen LogP contribution < -0.4 is 0 Å². The molecule has 0 saturated heterocycles. The molecule has 0 aliphatic carbocycles. The van der Waals surface area contributed by atoms with Crippen molar-refractivity contribution in [3.8, 4) is 33.4 Å². The van der Waals surface area contributed by atoms with Crippen molar-refractivity contribution in [3.63, 3.8) is 0 Å². The summed E-state index contributed by atoms with van der Waals surface area (Å²) in [5.74, 6) is 0. The molecule has 0 amide bonds. The number of furan rings is 2. The smallest absolute Gasteiger partial charge is 0.136 e. The molecular formula is C46H26O2. The molecule has 48 heavy (non-hydrogen) atoms. The van der Waals surface area contributed by atoms with E-state index in [1.165, 1.54) is 76.5 Å². The van der Waals surface area contributed by atoms with Crippen LogP contribution in [-0.4, -0.2) is 0 Å². The Labute approximate surface area is 275 Å². The third kappa shape index (κ3) is 3.46. The van der Waals surface area contributed by atoms with E-state index in [0.717, 1.165) is 33.1 Å². The van der Waals surface area contributed by atoms with E-state index >= 15 is 0 Å². The Morgan fingerprint density at radius 1 is 0.292 bits per heavy atom. The van der Waals surface area contributed by atoms with Crippen LogP contribution in [0.2, 0.25) is 0 Å². The summed E-state index contributed by atoms with van der Waals surface area (Å²) in [5, 5.41) is 12.0. The van der Waals surface area contributed by atoms with Gasteiger partial charge in [0.25, 0.3) is 0 Å². The highest BCUT2D eigenvalue weighted by molar-refractivity contribution is 6.30. The fourth-order valence-electron chi connectivity index (χ4n) is 8.23. The summed E-state index contributed by atoms with van der Waals surface area (Å²) in [7, 11) is 0. The van der Waals surface area contributed by atoms with E-state index in [-0.39, 0.29) is 0 Å². The molecule has 0 aliphatic rings. The molecule has 0 radical (unpaired) electrons. The molecule has 0 unspecified atom stereocenters. The van der Waals surface area contributed by atoms with Crippen LogP contribution in [0.3, 0.4) is 0 Å². The highest BCUT2D eigenvalue weighted by Gasteiger charge is 2.22. The van der Waals surface area contributed by atoms with E-state index in [1.807, 2.05) is 12.1 Å². The van der Waals surface area contributed by atoms with Crippen molar-refractivity contribution in [2.24, 2.45) is 0 Å². The van der Waals surface area contributed by atoms with E-state index in [2.05, 4.69) is 146 Å². The highest BCUT2D eigenvalue weighted by atomic mass is 16.3. The number of para-hydroxylation sites is 1. The molecule has 0 fully saturated rings. The predicted octanol–water partition coefficient (Wildman–Crippen LogP) is 13.4. The van der Waals surface area contributed by atoms with Crippen LogP contribution in [0.4, 0.5) is 0 Å². The lowest BCUT2D eigenvalue weighted by atomic mass is 9.82. The van der Waals surface area contributed by atoms with E-state index in [0.29, 0.717) is 0 Å². The summed E-state index contributed by atoms with van der Waals surface area (Å²) in [6.07, 6.45) is 0. The first-order valence-electron chi connectivity index (χ1n) is 16.4. The van der Waals surface area contributed by atoms with Crippen LogP contribution in [0.1, 0.15) is 0 Å². The van der Waals surface area contributed by atoms with Crippen molar-refractivity contribution < 1.29 is 8.83 Å². The lowest BCUT2D eigenvalue weighted by molar-refractivity contribution is 0.668. The molecule has 11 aromatic rings. The second-order valence-corrected chi connectivity index (χ2v) is 12.8. The lowest BCUT2D eigenvalue weighted by Crippen LogP contribution is -1.93. The molecule has 9 aromatic carbocycles. The van der Waals surface area contributed by atoms with Gasteiger partial charge >= 0.3 is 0 Å². The summed E-state index contributed by atoms with van der Waals surface area (Å²) in [4.78, 5) is 0. The molecule has 11 rings (SSSR count). The number of hydrogen-bond donors (Lipinski definition) is 0. The van der Waals surface area contributed by atoms with Gasteiger partial charge in [0.1, 0.15) is 22.3 Å². The highest BCUT2D eigenvalue weighted by Crippen LogP contribution is 2.49. The van der Waals surface area contributed by atoms with Crippen molar-refractivity contribution in [1.29, 1.82) is 0 Å². The zero-order chi connectivity index (χ0) is 31.3. The van der Waals surface area contributed by atoms with Gasteiger partial charge in [0.05, 0.1) is 0 Å². The SMILES string of the molecule is c1ccc(-c2c3ccccc3c(-c3cc4cccc5oc6cccc3c6c45)c3ccccc23)c(-c2ccc3oc4ccccc4c3c2)c1. The Morgan fingerprint density at radius 3 is 1.56 bits per heavy atom. The lowest BCUT2D eigenvalue weighted by Gasteiger charge is -2.20. The number of hydrogen-bond acceptors (Lipinski definition) is 2. The second kappa shape index (κ2) is 9.57. The van der Waals surface area contributed by atoms with Gasteiger partial charge in [-0.1, -0.05) is 121 Å². The van der Waals surface area contributed by atoms with Gasteiger partial charge in [-0.2, -0.15) is 0 Å². The van der Waals surface area contributed by atoms with Crippen LogP contribution in [0.5, 0.6) is 0 Å². The molecule has 222 valence electrons. The second-order valence-electron chi connectivity index (χ2n) is 12.8. The van der Waals surface area contributed by atoms with Crippen molar-refractivity contribution in [3.05, 3.63) is 158 Å². The third-order valence-corrected chi connectivity index (χ3v) is 10.2. The van der Waals surface area contributed by atoms with E-state index in [4.69, 9.17) is 8.83 Å². The first kappa shape index (κ1) is 25.8. The van der Waals surface area contributed by atoms with Crippen LogP contribution >= 0.6 is 0 Å². The van der Waals surface area contributed by atoms with Crippen LogP contribution in [0, 0.1) is 0 Å². The predicted molar refractivity (Wildman–Crippen MR) is 201 cm³/mol. The normalized spacial score (nSPS) is 12.2. The average Bonchev–Trinajstić information content (AvgIpc) is 3.72. The van der Waals surface area contributed by atoms with Crippen molar-refractivity contribution in [2.75, 3.05) is 0 Å². The Bertz CT molecular complexity index is 3010. The largest absolute Gasteiger partial charge is 0.456 e. The van der Waals surface area contributed by atoms with Gasteiger partial charge in [0.15, 0.2) is 0 Å². The fourth-order valence-corrected chi connectivity index (χ4v) is 8.23. The molecular weight excluding hydrogens is 585 g/mol. The summed E-state index contributed by atoms with van der Waals surface area (Å²) >= 11 is 0. The van der Waals surface area contributed by atoms with Crippen LogP contribution in [0.15, 0.2) is 167 Å². The molecule has 2 nitrogen and oxygen atoms in total.